The van der Waals surface area contributed by atoms with E-state index in [1.165, 1.54) is 36.8 Å². The molecule has 0 bridgehead atoms. The Morgan fingerprint density at radius 2 is 1.72 bits per heavy atom. The molecule has 2 aromatic carbocycles. The van der Waals surface area contributed by atoms with Crippen LogP contribution in [0.3, 0.4) is 0 Å². The number of hydrogen-bond acceptors (Lipinski definition) is 2. The largest absolute Gasteiger partial charge is 0.299 e. The minimum atomic E-state index is -0.345. The SMILES string of the molecule is CCCN(CCCC(C#N)(c1ccc(Br)cc1)C1CCCC1)Cc1ccccc1. The van der Waals surface area contributed by atoms with E-state index in [0.717, 1.165) is 43.4 Å². The third-order valence-electron chi connectivity index (χ3n) is 6.45. The molecule has 2 nitrogen and oxygen atoms in total. The molecule has 3 rings (SSSR count). The molecule has 2 aromatic rings. The second kappa shape index (κ2) is 11.0. The molecule has 1 aliphatic rings. The predicted molar refractivity (Wildman–Crippen MR) is 125 cm³/mol. The first-order valence-electron chi connectivity index (χ1n) is 11.1. The van der Waals surface area contributed by atoms with Crippen LogP contribution in [0.25, 0.3) is 0 Å². The monoisotopic (exact) mass is 452 g/mol. The number of halogens is 1. The molecule has 0 saturated heterocycles. The van der Waals surface area contributed by atoms with E-state index < -0.39 is 0 Å². The van der Waals surface area contributed by atoms with Crippen LogP contribution < -0.4 is 0 Å². The van der Waals surface area contributed by atoms with Crippen LogP contribution in [-0.4, -0.2) is 18.0 Å². The Morgan fingerprint density at radius 1 is 1.03 bits per heavy atom. The van der Waals surface area contributed by atoms with Gasteiger partial charge in [0.15, 0.2) is 0 Å². The van der Waals surface area contributed by atoms with Crippen molar-refractivity contribution in [3.8, 4) is 6.07 Å². The van der Waals surface area contributed by atoms with Crippen molar-refractivity contribution in [2.45, 2.75) is 63.8 Å². The summed E-state index contributed by atoms with van der Waals surface area (Å²) in [5.41, 5.74) is 2.23. The van der Waals surface area contributed by atoms with Crippen LogP contribution in [-0.2, 0) is 12.0 Å². The quantitative estimate of drug-likeness (QED) is 0.384. The Hall–Kier alpha value is -1.63. The standard InChI is InChI=1S/C26H33BrN2/c1-2-18-29(20-22-9-4-3-5-10-22)19-8-17-26(21-28,23-11-6-7-12-23)24-13-15-25(27)16-14-24/h3-5,9-10,13-16,23H,2,6-8,11-12,17-20H2,1H3. The van der Waals surface area contributed by atoms with Gasteiger partial charge >= 0.3 is 0 Å². The van der Waals surface area contributed by atoms with Gasteiger partial charge < -0.3 is 0 Å². The Balaban J connectivity index is 1.71. The van der Waals surface area contributed by atoms with Gasteiger partial charge in [0.2, 0.25) is 0 Å². The minimum Gasteiger partial charge on any atom is -0.299 e. The molecule has 1 aliphatic carbocycles. The molecule has 29 heavy (non-hydrogen) atoms. The Morgan fingerprint density at radius 3 is 2.34 bits per heavy atom. The highest BCUT2D eigenvalue weighted by molar-refractivity contribution is 9.10. The topological polar surface area (TPSA) is 27.0 Å². The van der Waals surface area contributed by atoms with Crippen molar-refractivity contribution in [2.75, 3.05) is 13.1 Å². The zero-order valence-electron chi connectivity index (χ0n) is 17.6. The summed E-state index contributed by atoms with van der Waals surface area (Å²) in [6, 6.07) is 22.1. The average Bonchev–Trinajstić information content (AvgIpc) is 3.28. The fourth-order valence-electron chi connectivity index (χ4n) is 4.97. The molecule has 1 fully saturated rings. The number of benzene rings is 2. The zero-order valence-corrected chi connectivity index (χ0v) is 19.2. The first kappa shape index (κ1) is 22.1. The van der Waals surface area contributed by atoms with E-state index >= 15 is 0 Å². The highest BCUT2D eigenvalue weighted by Crippen LogP contribution is 2.45. The van der Waals surface area contributed by atoms with Gasteiger partial charge in [-0.05, 0) is 74.4 Å². The highest BCUT2D eigenvalue weighted by atomic mass is 79.9. The van der Waals surface area contributed by atoms with Gasteiger partial charge in [-0.15, -0.1) is 0 Å². The van der Waals surface area contributed by atoms with E-state index in [4.69, 9.17) is 0 Å². The summed E-state index contributed by atoms with van der Waals surface area (Å²) in [7, 11) is 0. The average molecular weight is 453 g/mol. The molecular weight excluding hydrogens is 420 g/mol. The van der Waals surface area contributed by atoms with E-state index in [9.17, 15) is 5.26 Å². The van der Waals surface area contributed by atoms with Crippen molar-refractivity contribution >= 4 is 15.9 Å². The molecule has 1 unspecified atom stereocenters. The van der Waals surface area contributed by atoms with Crippen LogP contribution in [0, 0.1) is 17.2 Å². The van der Waals surface area contributed by atoms with E-state index in [1.54, 1.807) is 0 Å². The third-order valence-corrected chi connectivity index (χ3v) is 6.97. The van der Waals surface area contributed by atoms with Crippen LogP contribution in [0.4, 0.5) is 0 Å². The second-order valence-corrected chi connectivity index (χ2v) is 9.35. The normalized spacial score (nSPS) is 16.6. The summed E-state index contributed by atoms with van der Waals surface area (Å²) >= 11 is 3.55. The minimum absolute atomic E-state index is 0.345. The molecule has 0 amide bonds. The van der Waals surface area contributed by atoms with E-state index in [2.05, 4.69) is 88.4 Å². The van der Waals surface area contributed by atoms with E-state index in [0.29, 0.717) is 5.92 Å². The summed E-state index contributed by atoms with van der Waals surface area (Å²) in [6.45, 7) is 5.40. The van der Waals surface area contributed by atoms with E-state index in [-0.39, 0.29) is 5.41 Å². The maximum absolute atomic E-state index is 10.4. The third kappa shape index (κ3) is 5.71. The van der Waals surface area contributed by atoms with Gasteiger partial charge in [0.05, 0.1) is 11.5 Å². The second-order valence-electron chi connectivity index (χ2n) is 8.44. The van der Waals surface area contributed by atoms with Gasteiger partial charge in [-0.1, -0.05) is 78.2 Å². The molecule has 0 radical (unpaired) electrons. The van der Waals surface area contributed by atoms with Crippen LogP contribution in [0.2, 0.25) is 0 Å². The van der Waals surface area contributed by atoms with Crippen molar-refractivity contribution < 1.29 is 0 Å². The van der Waals surface area contributed by atoms with E-state index in [1.807, 2.05) is 0 Å². The lowest BCUT2D eigenvalue weighted by Gasteiger charge is -2.34. The number of nitrogens with zero attached hydrogens (tertiary/aromatic N) is 2. The number of rotatable bonds is 10. The Labute approximate surface area is 185 Å². The van der Waals surface area contributed by atoms with Crippen LogP contribution in [0.15, 0.2) is 59.1 Å². The summed E-state index contributed by atoms with van der Waals surface area (Å²) in [5, 5.41) is 10.4. The molecule has 1 saturated carbocycles. The van der Waals surface area contributed by atoms with Crippen molar-refractivity contribution in [3.05, 3.63) is 70.2 Å². The predicted octanol–water partition coefficient (Wildman–Crippen LogP) is 7.09. The van der Waals surface area contributed by atoms with Crippen molar-refractivity contribution in [3.63, 3.8) is 0 Å². The molecule has 0 heterocycles. The van der Waals surface area contributed by atoms with Crippen LogP contribution in [0.5, 0.6) is 0 Å². The Bertz CT molecular complexity index is 775. The first-order chi connectivity index (χ1) is 14.2. The van der Waals surface area contributed by atoms with Crippen molar-refractivity contribution in [2.24, 2.45) is 5.92 Å². The lowest BCUT2D eigenvalue weighted by molar-refractivity contribution is 0.238. The Kier molecular flexibility index (Phi) is 8.33. The fraction of sp³-hybridized carbons (Fsp3) is 0.500. The van der Waals surface area contributed by atoms with Crippen LogP contribution >= 0.6 is 15.9 Å². The molecule has 0 spiro atoms. The molecule has 0 aromatic heterocycles. The van der Waals surface area contributed by atoms with Gasteiger partial charge in [0, 0.05) is 11.0 Å². The lowest BCUT2D eigenvalue weighted by atomic mass is 9.67. The van der Waals surface area contributed by atoms with Gasteiger partial charge in [0.1, 0.15) is 0 Å². The molecule has 1 atom stereocenters. The highest BCUT2D eigenvalue weighted by Gasteiger charge is 2.41. The first-order valence-corrected chi connectivity index (χ1v) is 11.9. The molecule has 0 aliphatic heterocycles. The van der Waals surface area contributed by atoms with Crippen LogP contribution in [0.1, 0.15) is 63.0 Å². The number of hydrogen-bond donors (Lipinski definition) is 0. The maximum Gasteiger partial charge on any atom is 0.0850 e. The zero-order chi connectivity index (χ0) is 20.5. The van der Waals surface area contributed by atoms with Gasteiger partial charge in [-0.25, -0.2) is 0 Å². The van der Waals surface area contributed by atoms with Gasteiger partial charge in [0.25, 0.3) is 0 Å². The van der Waals surface area contributed by atoms with Crippen molar-refractivity contribution in [1.29, 1.82) is 5.26 Å². The smallest absolute Gasteiger partial charge is 0.0850 e. The maximum atomic E-state index is 10.4. The van der Waals surface area contributed by atoms with Gasteiger partial charge in [-0.2, -0.15) is 5.26 Å². The summed E-state index contributed by atoms with van der Waals surface area (Å²) in [5.74, 6) is 0.488. The molecule has 3 heteroatoms. The van der Waals surface area contributed by atoms with Gasteiger partial charge in [-0.3, -0.25) is 4.90 Å². The lowest BCUT2D eigenvalue weighted by Crippen LogP contribution is -2.34. The fourth-order valence-corrected chi connectivity index (χ4v) is 5.24. The molecular formula is C26H33BrN2. The van der Waals surface area contributed by atoms with Crippen molar-refractivity contribution in [1.82, 2.24) is 4.90 Å². The summed E-state index contributed by atoms with van der Waals surface area (Å²) in [6.07, 6.45) is 8.07. The molecule has 154 valence electrons. The summed E-state index contributed by atoms with van der Waals surface area (Å²) in [4.78, 5) is 2.55. The summed E-state index contributed by atoms with van der Waals surface area (Å²) < 4.78 is 1.08. The number of nitriles is 1. The molecule has 0 N–H and O–H groups in total.